The van der Waals surface area contributed by atoms with E-state index < -0.39 is 5.97 Å². The number of carboxylic acids is 1. The number of unbranched alkanes of at least 4 members (excludes halogenated alkanes) is 3. The van der Waals surface area contributed by atoms with Crippen LogP contribution in [0.25, 0.3) is 0 Å². The van der Waals surface area contributed by atoms with Crippen LogP contribution in [0.15, 0.2) is 0 Å². The molecular weight excluding hydrogens is 368 g/mol. The Morgan fingerprint density at radius 1 is 0.700 bits per heavy atom. The van der Waals surface area contributed by atoms with Crippen molar-refractivity contribution in [3.63, 3.8) is 0 Å². The van der Waals surface area contributed by atoms with Gasteiger partial charge in [0.1, 0.15) is 0 Å². The van der Waals surface area contributed by atoms with Crippen LogP contribution < -0.4 is 0 Å². The molecule has 3 aliphatic rings. The van der Waals surface area contributed by atoms with Gasteiger partial charge in [-0.15, -0.1) is 0 Å². The minimum absolute atomic E-state index is 0.0616. The maximum Gasteiger partial charge on any atom is 0.306 e. The average molecular weight is 419 g/mol. The molecule has 3 rings (SSSR count). The van der Waals surface area contributed by atoms with Gasteiger partial charge < -0.3 is 5.11 Å². The van der Waals surface area contributed by atoms with Crippen LogP contribution in [-0.4, -0.2) is 11.1 Å². The number of carboxylic acid groups (broad SMARTS) is 1. The van der Waals surface area contributed by atoms with Crippen LogP contribution >= 0.6 is 0 Å². The van der Waals surface area contributed by atoms with E-state index in [9.17, 15) is 9.90 Å². The molecule has 30 heavy (non-hydrogen) atoms. The number of aliphatic carboxylic acids is 1. The molecule has 2 heteroatoms. The zero-order valence-electron chi connectivity index (χ0n) is 20.2. The van der Waals surface area contributed by atoms with Crippen molar-refractivity contribution >= 4 is 5.97 Å². The Morgan fingerprint density at radius 2 is 1.20 bits per heavy atom. The summed E-state index contributed by atoms with van der Waals surface area (Å²) in [5.74, 6) is 3.10. The van der Waals surface area contributed by atoms with E-state index in [1.165, 1.54) is 109 Å². The van der Waals surface area contributed by atoms with Crippen LogP contribution in [0.2, 0.25) is 0 Å². The van der Waals surface area contributed by atoms with Gasteiger partial charge in [0.25, 0.3) is 0 Å². The second-order valence-electron chi connectivity index (χ2n) is 11.4. The summed E-state index contributed by atoms with van der Waals surface area (Å²) >= 11 is 0. The van der Waals surface area contributed by atoms with Gasteiger partial charge >= 0.3 is 5.97 Å². The Balaban J connectivity index is 1.62. The predicted octanol–water partition coefficient (Wildman–Crippen LogP) is 8.63. The van der Waals surface area contributed by atoms with Gasteiger partial charge in [-0.1, -0.05) is 71.6 Å². The van der Waals surface area contributed by atoms with E-state index in [0.29, 0.717) is 5.41 Å². The SMILES string of the molecule is CCCCCC1CCC(C2(C3CCC(C(=O)O)CC3)CCC(CCCC)CC2)CC1. The molecule has 0 unspecified atom stereocenters. The monoisotopic (exact) mass is 418 g/mol. The van der Waals surface area contributed by atoms with Crippen molar-refractivity contribution in [3.05, 3.63) is 0 Å². The zero-order valence-corrected chi connectivity index (χ0v) is 20.2. The number of rotatable bonds is 10. The van der Waals surface area contributed by atoms with Crippen molar-refractivity contribution in [1.82, 2.24) is 0 Å². The first-order valence-corrected chi connectivity index (χ1v) is 13.8. The summed E-state index contributed by atoms with van der Waals surface area (Å²) in [7, 11) is 0. The fourth-order valence-electron chi connectivity index (χ4n) is 7.77. The third kappa shape index (κ3) is 6.04. The fourth-order valence-corrected chi connectivity index (χ4v) is 7.77. The summed E-state index contributed by atoms with van der Waals surface area (Å²) in [6, 6.07) is 0. The normalized spacial score (nSPS) is 37.7. The highest BCUT2D eigenvalue weighted by molar-refractivity contribution is 5.70. The zero-order chi connectivity index (χ0) is 21.4. The Labute approximate surface area is 187 Å². The molecule has 0 aromatic carbocycles. The third-order valence-corrected chi connectivity index (χ3v) is 9.77. The van der Waals surface area contributed by atoms with E-state index in [0.717, 1.165) is 36.5 Å². The molecule has 0 atom stereocenters. The second-order valence-corrected chi connectivity index (χ2v) is 11.4. The quantitative estimate of drug-likeness (QED) is 0.360. The van der Waals surface area contributed by atoms with Crippen LogP contribution in [0.1, 0.15) is 136 Å². The molecular formula is C28H50O2. The molecule has 1 N–H and O–H groups in total. The second kappa shape index (κ2) is 11.9. The van der Waals surface area contributed by atoms with Gasteiger partial charge in [-0.3, -0.25) is 4.79 Å². The van der Waals surface area contributed by atoms with Crippen molar-refractivity contribution in [2.75, 3.05) is 0 Å². The molecule has 0 aromatic rings. The van der Waals surface area contributed by atoms with E-state index >= 15 is 0 Å². The van der Waals surface area contributed by atoms with Crippen molar-refractivity contribution in [3.8, 4) is 0 Å². The molecule has 174 valence electrons. The molecule has 3 aliphatic carbocycles. The standard InChI is InChI=1S/C28H50O2/c1-3-5-7-9-22-10-14-25(15-11-22)28(20-18-23(19-21-28)8-6-4-2)26-16-12-24(13-17-26)27(29)30/h22-26H,3-21H2,1-2H3,(H,29,30). The summed E-state index contributed by atoms with van der Waals surface area (Å²) in [6.07, 6.45) is 25.8. The van der Waals surface area contributed by atoms with Gasteiger partial charge in [0.05, 0.1) is 5.92 Å². The minimum atomic E-state index is -0.543. The molecule has 0 saturated heterocycles. The average Bonchev–Trinajstić information content (AvgIpc) is 2.79. The van der Waals surface area contributed by atoms with Crippen molar-refractivity contribution in [2.45, 2.75) is 136 Å². The lowest BCUT2D eigenvalue weighted by Crippen LogP contribution is -2.44. The van der Waals surface area contributed by atoms with Crippen LogP contribution in [0.5, 0.6) is 0 Å². The van der Waals surface area contributed by atoms with Gasteiger partial charge in [0.15, 0.2) is 0 Å². The Hall–Kier alpha value is -0.530. The van der Waals surface area contributed by atoms with Gasteiger partial charge in [-0.05, 0) is 93.3 Å². The van der Waals surface area contributed by atoms with Crippen molar-refractivity contribution in [1.29, 1.82) is 0 Å². The summed E-state index contributed by atoms with van der Waals surface area (Å²) in [5, 5.41) is 9.48. The molecule has 0 bridgehead atoms. The smallest absolute Gasteiger partial charge is 0.306 e. The first-order valence-electron chi connectivity index (χ1n) is 13.8. The number of hydrogen-bond acceptors (Lipinski definition) is 1. The van der Waals surface area contributed by atoms with Gasteiger partial charge in [-0.2, -0.15) is 0 Å². The Morgan fingerprint density at radius 3 is 1.73 bits per heavy atom. The molecule has 0 spiro atoms. The van der Waals surface area contributed by atoms with Crippen LogP contribution in [0.3, 0.4) is 0 Å². The number of carbonyl (C=O) groups is 1. The molecule has 3 fully saturated rings. The minimum Gasteiger partial charge on any atom is -0.481 e. The molecule has 0 radical (unpaired) electrons. The highest BCUT2D eigenvalue weighted by atomic mass is 16.4. The largest absolute Gasteiger partial charge is 0.481 e. The molecule has 0 aromatic heterocycles. The predicted molar refractivity (Wildman–Crippen MR) is 127 cm³/mol. The lowest BCUT2D eigenvalue weighted by Gasteiger charge is -2.54. The highest BCUT2D eigenvalue weighted by Crippen LogP contribution is 2.58. The van der Waals surface area contributed by atoms with E-state index in [-0.39, 0.29) is 5.92 Å². The van der Waals surface area contributed by atoms with Gasteiger partial charge in [-0.25, -0.2) is 0 Å². The Bertz CT molecular complexity index is 489. The lowest BCUT2D eigenvalue weighted by atomic mass is 9.51. The van der Waals surface area contributed by atoms with E-state index in [1.807, 2.05) is 0 Å². The van der Waals surface area contributed by atoms with E-state index in [1.54, 1.807) is 0 Å². The first kappa shape index (κ1) is 24.1. The molecule has 0 amide bonds. The molecule has 0 heterocycles. The summed E-state index contributed by atoms with van der Waals surface area (Å²) in [5.41, 5.74) is 0.556. The molecule has 3 saturated carbocycles. The molecule has 0 aliphatic heterocycles. The van der Waals surface area contributed by atoms with Gasteiger partial charge in [0.2, 0.25) is 0 Å². The maximum absolute atomic E-state index is 11.5. The summed E-state index contributed by atoms with van der Waals surface area (Å²) < 4.78 is 0. The van der Waals surface area contributed by atoms with Crippen molar-refractivity contribution in [2.24, 2.45) is 35.0 Å². The van der Waals surface area contributed by atoms with Crippen LogP contribution in [0.4, 0.5) is 0 Å². The topological polar surface area (TPSA) is 37.3 Å². The fraction of sp³-hybridized carbons (Fsp3) is 0.964. The highest BCUT2D eigenvalue weighted by Gasteiger charge is 2.48. The van der Waals surface area contributed by atoms with Gasteiger partial charge in [0, 0.05) is 0 Å². The summed E-state index contributed by atoms with van der Waals surface area (Å²) in [4.78, 5) is 11.5. The maximum atomic E-state index is 11.5. The van der Waals surface area contributed by atoms with Crippen molar-refractivity contribution < 1.29 is 9.90 Å². The van der Waals surface area contributed by atoms with E-state index in [2.05, 4.69) is 13.8 Å². The Kier molecular flexibility index (Phi) is 9.58. The first-order chi connectivity index (χ1) is 14.6. The van der Waals surface area contributed by atoms with Crippen LogP contribution in [-0.2, 0) is 4.79 Å². The molecule has 2 nitrogen and oxygen atoms in total. The summed E-state index contributed by atoms with van der Waals surface area (Å²) in [6.45, 7) is 4.64. The third-order valence-electron chi connectivity index (χ3n) is 9.77. The lowest BCUT2D eigenvalue weighted by molar-refractivity contribution is -0.144. The van der Waals surface area contributed by atoms with E-state index in [4.69, 9.17) is 0 Å². The number of hydrogen-bond donors (Lipinski definition) is 1. The van der Waals surface area contributed by atoms with Crippen LogP contribution in [0, 0.1) is 35.0 Å².